The number of carbonyl (C=O) groups excluding carboxylic acids is 2. The molecule has 46 heavy (non-hydrogen) atoms. The smallest absolute Gasteiger partial charge is 0.273 e. The summed E-state index contributed by atoms with van der Waals surface area (Å²) in [4.78, 5) is 39.3. The lowest BCUT2D eigenvalue weighted by atomic mass is 10.0. The third-order valence-corrected chi connectivity index (χ3v) is 9.19. The van der Waals surface area contributed by atoms with E-state index in [2.05, 4.69) is 5.32 Å². The number of nitrogens with zero attached hydrogens (tertiary/aromatic N) is 3. The van der Waals surface area contributed by atoms with Gasteiger partial charge in [0.2, 0.25) is 11.8 Å². The maximum absolute atomic E-state index is 14.9. The molecule has 0 saturated carbocycles. The Kier molecular flexibility index (Phi) is 10.7. The quantitative estimate of drug-likeness (QED) is 0.165. The van der Waals surface area contributed by atoms with Crippen molar-refractivity contribution >= 4 is 33.2 Å². The third kappa shape index (κ3) is 7.67. The van der Waals surface area contributed by atoms with Crippen molar-refractivity contribution in [1.82, 2.24) is 10.2 Å². The van der Waals surface area contributed by atoms with Gasteiger partial charge in [0.25, 0.3) is 15.7 Å². The molecule has 0 bridgehead atoms. The van der Waals surface area contributed by atoms with Crippen molar-refractivity contribution < 1.29 is 32.1 Å². The maximum Gasteiger partial charge on any atom is 0.273 e. The van der Waals surface area contributed by atoms with Gasteiger partial charge < -0.3 is 15.0 Å². The third-order valence-electron chi connectivity index (χ3n) is 7.42. The minimum absolute atomic E-state index is 0.0557. The van der Waals surface area contributed by atoms with Crippen LogP contribution in [0.4, 0.5) is 15.8 Å². The van der Waals surface area contributed by atoms with Gasteiger partial charge in [-0.25, -0.2) is 12.8 Å². The summed E-state index contributed by atoms with van der Waals surface area (Å²) < 4.78 is 49.2. The largest absolute Gasteiger partial charge is 0.497 e. The fourth-order valence-corrected chi connectivity index (χ4v) is 6.32. The van der Waals surface area contributed by atoms with E-state index >= 15 is 0 Å². The van der Waals surface area contributed by atoms with Gasteiger partial charge in [0.15, 0.2) is 0 Å². The number of likely N-dealkylation sites (N-methyl/N-ethyl adjacent to an activating group) is 1. The van der Waals surface area contributed by atoms with Crippen LogP contribution in [0, 0.1) is 22.9 Å². The molecule has 4 aromatic carbocycles. The van der Waals surface area contributed by atoms with E-state index in [0.717, 1.165) is 15.3 Å². The Hall–Kier alpha value is -5.30. The molecule has 11 nitrogen and oxygen atoms in total. The number of benzene rings is 4. The Morgan fingerprint density at radius 2 is 1.63 bits per heavy atom. The first-order valence-electron chi connectivity index (χ1n) is 14.2. The normalized spacial score (nSPS) is 11.7. The van der Waals surface area contributed by atoms with Crippen LogP contribution < -0.4 is 14.4 Å². The van der Waals surface area contributed by atoms with Gasteiger partial charge in [0, 0.05) is 37.2 Å². The Balaban J connectivity index is 1.83. The molecule has 0 fully saturated rings. The van der Waals surface area contributed by atoms with Gasteiger partial charge >= 0.3 is 0 Å². The number of hydrogen-bond acceptors (Lipinski definition) is 7. The number of carbonyl (C=O) groups is 2. The van der Waals surface area contributed by atoms with Crippen LogP contribution in [-0.4, -0.2) is 56.8 Å². The van der Waals surface area contributed by atoms with E-state index < -0.39 is 55.7 Å². The second-order valence-electron chi connectivity index (χ2n) is 10.3. The first-order valence-corrected chi connectivity index (χ1v) is 15.6. The molecule has 240 valence electrons. The van der Waals surface area contributed by atoms with E-state index in [-0.39, 0.29) is 29.8 Å². The van der Waals surface area contributed by atoms with Crippen LogP contribution in [0.1, 0.15) is 16.7 Å². The summed E-state index contributed by atoms with van der Waals surface area (Å²) in [5, 5.41) is 14.2. The van der Waals surface area contributed by atoms with Gasteiger partial charge in [-0.3, -0.25) is 24.0 Å². The summed E-state index contributed by atoms with van der Waals surface area (Å²) in [5.41, 5.74) is 0.731. The van der Waals surface area contributed by atoms with Crippen LogP contribution in [0.2, 0.25) is 0 Å². The molecule has 0 spiro atoms. The summed E-state index contributed by atoms with van der Waals surface area (Å²) in [7, 11) is -1.76. The highest BCUT2D eigenvalue weighted by Gasteiger charge is 2.35. The van der Waals surface area contributed by atoms with E-state index in [1.54, 1.807) is 36.4 Å². The van der Waals surface area contributed by atoms with Crippen molar-refractivity contribution in [3.63, 3.8) is 0 Å². The highest BCUT2D eigenvalue weighted by molar-refractivity contribution is 7.92. The van der Waals surface area contributed by atoms with Crippen LogP contribution in [0.25, 0.3) is 0 Å². The Morgan fingerprint density at radius 3 is 2.24 bits per heavy atom. The number of hydrogen-bond donors (Lipinski definition) is 1. The molecule has 0 aromatic heterocycles. The number of sulfonamides is 1. The zero-order valence-corrected chi connectivity index (χ0v) is 26.2. The topological polar surface area (TPSA) is 139 Å². The van der Waals surface area contributed by atoms with Crippen molar-refractivity contribution in [3.05, 3.63) is 130 Å². The van der Waals surface area contributed by atoms with Crippen molar-refractivity contribution in [2.45, 2.75) is 30.8 Å². The summed E-state index contributed by atoms with van der Waals surface area (Å²) in [6.07, 6.45) is 0.0557. The number of methoxy groups -OCH3 is 1. The second kappa shape index (κ2) is 14.7. The summed E-state index contributed by atoms with van der Waals surface area (Å²) in [6, 6.07) is 22.8. The Bertz CT molecular complexity index is 1820. The molecule has 4 aromatic rings. The number of nitro benzene ring substituents is 1. The van der Waals surface area contributed by atoms with Crippen LogP contribution in [0.15, 0.2) is 102 Å². The van der Waals surface area contributed by atoms with Crippen molar-refractivity contribution in [1.29, 1.82) is 0 Å². The first-order chi connectivity index (χ1) is 22.0. The molecule has 0 radical (unpaired) electrons. The fraction of sp³-hybridized carbons (Fsp3) is 0.212. The van der Waals surface area contributed by atoms with Crippen LogP contribution >= 0.6 is 0 Å². The van der Waals surface area contributed by atoms with Gasteiger partial charge in [-0.05, 0) is 48.9 Å². The van der Waals surface area contributed by atoms with E-state index in [9.17, 15) is 32.5 Å². The summed E-state index contributed by atoms with van der Waals surface area (Å²) in [5.74, 6) is -1.54. The lowest BCUT2D eigenvalue weighted by Gasteiger charge is -2.33. The fourth-order valence-electron chi connectivity index (χ4n) is 4.88. The average molecular weight is 649 g/mol. The Morgan fingerprint density at radius 1 is 0.978 bits per heavy atom. The Labute approximate surface area is 266 Å². The predicted octanol–water partition coefficient (Wildman–Crippen LogP) is 4.63. The lowest BCUT2D eigenvalue weighted by molar-refractivity contribution is -0.385. The molecule has 4 rings (SSSR count). The number of anilines is 1. The molecular formula is C33H33FN4O7S. The van der Waals surface area contributed by atoms with E-state index in [4.69, 9.17) is 4.74 Å². The second-order valence-corrected chi connectivity index (χ2v) is 12.2. The zero-order chi connectivity index (χ0) is 33.4. The predicted molar refractivity (Wildman–Crippen MR) is 170 cm³/mol. The SMILES string of the molecule is CNC(=O)[C@@H](Cc1ccccc1)N(Cc1ccccc1F)C(=O)CN(c1ccc(OC)cc1)S(=O)(=O)c1ccc(C)c([N+](=O)[O-])c1. The summed E-state index contributed by atoms with van der Waals surface area (Å²) in [6.45, 7) is 0.321. The molecule has 0 unspecified atom stereocenters. The minimum Gasteiger partial charge on any atom is -0.497 e. The molecule has 0 saturated heterocycles. The molecule has 0 aliphatic carbocycles. The van der Waals surface area contributed by atoms with Crippen LogP contribution in [0.3, 0.4) is 0 Å². The molecule has 1 N–H and O–H groups in total. The van der Waals surface area contributed by atoms with E-state index in [1.807, 2.05) is 0 Å². The van der Waals surface area contributed by atoms with E-state index in [0.29, 0.717) is 11.3 Å². The number of ether oxygens (including phenoxy) is 1. The highest BCUT2D eigenvalue weighted by Crippen LogP contribution is 2.30. The zero-order valence-electron chi connectivity index (χ0n) is 25.4. The molecule has 13 heteroatoms. The van der Waals surface area contributed by atoms with Gasteiger partial charge in [-0.1, -0.05) is 54.6 Å². The summed E-state index contributed by atoms with van der Waals surface area (Å²) >= 11 is 0. The molecule has 0 aliphatic rings. The number of amides is 2. The number of rotatable bonds is 13. The highest BCUT2D eigenvalue weighted by atomic mass is 32.2. The van der Waals surface area contributed by atoms with Crippen molar-refractivity contribution in [2.75, 3.05) is 25.0 Å². The average Bonchev–Trinajstić information content (AvgIpc) is 3.06. The molecule has 0 heterocycles. The molecule has 0 aliphatic heterocycles. The monoisotopic (exact) mass is 648 g/mol. The minimum atomic E-state index is -4.60. The molecule has 1 atom stereocenters. The molecular weight excluding hydrogens is 615 g/mol. The lowest BCUT2D eigenvalue weighted by Crippen LogP contribution is -2.53. The number of aryl methyl sites for hydroxylation is 1. The molecule has 2 amide bonds. The van der Waals surface area contributed by atoms with Crippen molar-refractivity contribution in [3.8, 4) is 5.75 Å². The number of halogens is 1. The van der Waals surface area contributed by atoms with Crippen molar-refractivity contribution in [2.24, 2.45) is 0 Å². The van der Waals surface area contributed by atoms with Gasteiger partial charge in [0.1, 0.15) is 24.2 Å². The van der Waals surface area contributed by atoms with Gasteiger partial charge in [-0.2, -0.15) is 0 Å². The van der Waals surface area contributed by atoms with E-state index in [1.165, 1.54) is 75.7 Å². The van der Waals surface area contributed by atoms with Gasteiger partial charge in [0.05, 0.1) is 22.6 Å². The van der Waals surface area contributed by atoms with Crippen LogP contribution in [0.5, 0.6) is 5.75 Å². The number of nitro groups is 1. The maximum atomic E-state index is 14.9. The number of nitrogens with one attached hydrogen (secondary N) is 1. The first kappa shape index (κ1) is 33.6. The standard InChI is InChI=1S/C33H33FN4O7S/c1-23-13-18-28(20-30(23)38(41)42)46(43,44)37(26-14-16-27(45-3)17-15-26)22-32(39)36(21-25-11-7-8-12-29(25)34)31(33(40)35-2)19-24-9-5-4-6-10-24/h4-18,20,31H,19,21-22H2,1-3H3,(H,35,40)/t31-/m1/s1. The van der Waals surface area contributed by atoms with Gasteiger partial charge in [-0.15, -0.1) is 0 Å². The van der Waals surface area contributed by atoms with Crippen LogP contribution in [-0.2, 0) is 32.6 Å².